The fourth-order valence-electron chi connectivity index (χ4n) is 8.02. The molecule has 0 aliphatic heterocycles. The molecule has 0 spiro atoms. The Morgan fingerprint density at radius 2 is 1.91 bits per heavy atom. The van der Waals surface area contributed by atoms with Gasteiger partial charge in [0.15, 0.2) is 0 Å². The van der Waals surface area contributed by atoms with E-state index in [1.807, 2.05) is 20.8 Å². The molecule has 7 atom stereocenters. The predicted molar refractivity (Wildman–Crippen MR) is 130 cm³/mol. The van der Waals surface area contributed by atoms with Gasteiger partial charge in [-0.05, 0) is 108 Å². The average Bonchev–Trinajstić information content (AvgIpc) is 3.02. The number of ether oxygens (including phenoxy) is 1. The molecule has 186 valence electrons. The third kappa shape index (κ3) is 4.76. The molecular weight excluding hydrogens is 414 g/mol. The van der Waals surface area contributed by atoms with Crippen LogP contribution in [0.4, 0.5) is 4.79 Å². The number of alkyl carbamates (subject to hydrolysis) is 1. The Hall–Kier alpha value is -1.36. The Balaban J connectivity index is 1.33. The number of ketones is 1. The number of carbonyl (C=O) groups is 2. The van der Waals surface area contributed by atoms with E-state index in [-0.39, 0.29) is 23.0 Å². The molecule has 0 radical (unpaired) electrons. The molecule has 33 heavy (non-hydrogen) atoms. The quantitative estimate of drug-likeness (QED) is 0.411. The molecule has 5 nitrogen and oxygen atoms in total. The molecule has 4 aliphatic rings. The first-order chi connectivity index (χ1) is 15.4. The van der Waals surface area contributed by atoms with Crippen LogP contribution in [0.15, 0.2) is 11.6 Å². The maximum absolute atomic E-state index is 12.6. The molecule has 4 unspecified atom stereocenters. The van der Waals surface area contributed by atoms with Crippen molar-refractivity contribution in [1.82, 2.24) is 5.32 Å². The van der Waals surface area contributed by atoms with Gasteiger partial charge in [-0.3, -0.25) is 4.79 Å². The SMILES string of the molecule is CC(C)(C)OC(=O)NCCC/C=C1\CC[C@]2(C)C3CC[C@]4(C)C(=O)CCC4C3C[C@H](O)C2C1. The Bertz CT molecular complexity index is 798. The highest BCUT2D eigenvalue weighted by atomic mass is 16.6. The molecule has 0 aromatic rings. The van der Waals surface area contributed by atoms with Gasteiger partial charge in [0.05, 0.1) is 6.10 Å². The maximum atomic E-state index is 12.6. The van der Waals surface area contributed by atoms with E-state index < -0.39 is 5.60 Å². The van der Waals surface area contributed by atoms with Crippen LogP contribution in [-0.4, -0.2) is 35.2 Å². The molecule has 4 rings (SSSR count). The highest BCUT2D eigenvalue weighted by Gasteiger charge is 2.61. The molecule has 4 aliphatic carbocycles. The van der Waals surface area contributed by atoms with Gasteiger partial charge < -0.3 is 15.2 Å². The highest BCUT2D eigenvalue weighted by molar-refractivity contribution is 5.87. The second-order valence-corrected chi connectivity index (χ2v) is 12.8. The topological polar surface area (TPSA) is 75.6 Å². The zero-order valence-electron chi connectivity index (χ0n) is 21.4. The van der Waals surface area contributed by atoms with E-state index in [1.54, 1.807) is 0 Å². The second-order valence-electron chi connectivity index (χ2n) is 12.8. The molecule has 0 heterocycles. The van der Waals surface area contributed by atoms with Crippen molar-refractivity contribution in [3.05, 3.63) is 11.6 Å². The van der Waals surface area contributed by atoms with Gasteiger partial charge >= 0.3 is 6.09 Å². The number of hydrogen-bond acceptors (Lipinski definition) is 4. The molecule has 1 amide bonds. The van der Waals surface area contributed by atoms with Crippen molar-refractivity contribution < 1.29 is 19.4 Å². The van der Waals surface area contributed by atoms with E-state index in [0.29, 0.717) is 36.0 Å². The van der Waals surface area contributed by atoms with Gasteiger partial charge in [-0.15, -0.1) is 0 Å². The van der Waals surface area contributed by atoms with Crippen molar-refractivity contribution >= 4 is 11.9 Å². The van der Waals surface area contributed by atoms with Crippen LogP contribution in [-0.2, 0) is 9.53 Å². The Kier molecular flexibility index (Phi) is 6.76. The van der Waals surface area contributed by atoms with Crippen LogP contribution in [0.3, 0.4) is 0 Å². The van der Waals surface area contributed by atoms with Crippen molar-refractivity contribution in [3.63, 3.8) is 0 Å². The third-order valence-electron chi connectivity index (χ3n) is 9.77. The summed E-state index contributed by atoms with van der Waals surface area (Å²) >= 11 is 0. The van der Waals surface area contributed by atoms with Gasteiger partial charge in [0, 0.05) is 18.4 Å². The van der Waals surface area contributed by atoms with Crippen LogP contribution in [0.1, 0.15) is 98.8 Å². The Labute approximate surface area is 200 Å². The lowest BCUT2D eigenvalue weighted by Gasteiger charge is -2.61. The maximum Gasteiger partial charge on any atom is 0.407 e. The number of carbonyl (C=O) groups excluding carboxylic acids is 2. The van der Waals surface area contributed by atoms with Crippen LogP contribution in [0.25, 0.3) is 0 Å². The van der Waals surface area contributed by atoms with Crippen molar-refractivity contribution in [2.75, 3.05) is 6.54 Å². The molecule has 0 bridgehead atoms. The van der Waals surface area contributed by atoms with Gasteiger partial charge in [0.1, 0.15) is 11.4 Å². The Morgan fingerprint density at radius 1 is 1.15 bits per heavy atom. The van der Waals surface area contributed by atoms with Gasteiger partial charge in [-0.1, -0.05) is 25.5 Å². The number of allylic oxidation sites excluding steroid dienone is 2. The summed E-state index contributed by atoms with van der Waals surface area (Å²) in [4.78, 5) is 24.4. The zero-order chi connectivity index (χ0) is 24.0. The minimum atomic E-state index is -0.467. The summed E-state index contributed by atoms with van der Waals surface area (Å²) in [6.45, 7) is 10.9. The lowest BCUT2D eigenvalue weighted by Crippen LogP contribution is -2.57. The summed E-state index contributed by atoms with van der Waals surface area (Å²) < 4.78 is 5.29. The number of hydrogen-bond donors (Lipinski definition) is 2. The monoisotopic (exact) mass is 459 g/mol. The largest absolute Gasteiger partial charge is 0.444 e. The van der Waals surface area contributed by atoms with Gasteiger partial charge in [-0.2, -0.15) is 0 Å². The normalized spacial score (nSPS) is 41.8. The van der Waals surface area contributed by atoms with Crippen molar-refractivity contribution in [2.45, 2.75) is 111 Å². The molecule has 2 N–H and O–H groups in total. The van der Waals surface area contributed by atoms with Crippen LogP contribution in [0, 0.1) is 34.5 Å². The molecule has 4 fully saturated rings. The van der Waals surface area contributed by atoms with Crippen LogP contribution < -0.4 is 5.32 Å². The number of aliphatic hydroxyl groups is 1. The van der Waals surface area contributed by atoms with Gasteiger partial charge in [0.2, 0.25) is 0 Å². The molecule has 4 saturated carbocycles. The van der Waals surface area contributed by atoms with Crippen LogP contribution in [0.5, 0.6) is 0 Å². The second kappa shape index (κ2) is 9.02. The summed E-state index contributed by atoms with van der Waals surface area (Å²) in [5, 5.41) is 14.1. The number of rotatable bonds is 4. The number of fused-ring (bicyclic) bond motifs is 5. The predicted octanol–water partition coefficient (Wildman–Crippen LogP) is 5.80. The number of aliphatic hydroxyl groups excluding tert-OH is 1. The number of amides is 1. The summed E-state index contributed by atoms with van der Waals surface area (Å²) in [7, 11) is 0. The molecule has 0 saturated heterocycles. The van der Waals surface area contributed by atoms with E-state index in [4.69, 9.17) is 4.74 Å². The summed E-state index contributed by atoms with van der Waals surface area (Å²) in [6, 6.07) is 0. The van der Waals surface area contributed by atoms with Crippen LogP contribution >= 0.6 is 0 Å². The summed E-state index contributed by atoms with van der Waals surface area (Å²) in [5.41, 5.74) is 1.07. The minimum Gasteiger partial charge on any atom is -0.444 e. The standard InChI is InChI=1S/C28H45NO4/c1-26(2,3)33-25(32)29-15-7-6-8-18-11-13-27(4)21-12-14-28(5)20(9-10-24(28)31)19(21)17-23(30)22(27)16-18/h8,19-23,30H,6-7,9-17H2,1-5H3,(H,29,32)/b18-8+/t19?,20?,21?,22?,23-,27+,28-/m0/s1. The van der Waals surface area contributed by atoms with E-state index in [0.717, 1.165) is 64.2 Å². The highest BCUT2D eigenvalue weighted by Crippen LogP contribution is 2.65. The van der Waals surface area contributed by atoms with Crippen LogP contribution in [0.2, 0.25) is 0 Å². The number of unbranched alkanes of at least 4 members (excludes halogenated alkanes) is 1. The fourth-order valence-corrected chi connectivity index (χ4v) is 8.02. The van der Waals surface area contributed by atoms with E-state index in [2.05, 4.69) is 25.2 Å². The third-order valence-corrected chi connectivity index (χ3v) is 9.77. The minimum absolute atomic E-state index is 0.128. The molecule has 5 heteroatoms. The lowest BCUT2D eigenvalue weighted by atomic mass is 9.44. The number of Topliss-reactive ketones (excluding diaryl/α,β-unsaturated/α-hetero) is 1. The van der Waals surface area contributed by atoms with E-state index >= 15 is 0 Å². The van der Waals surface area contributed by atoms with E-state index in [9.17, 15) is 14.7 Å². The smallest absolute Gasteiger partial charge is 0.407 e. The first-order valence-corrected chi connectivity index (χ1v) is 13.3. The fraction of sp³-hybridized carbons (Fsp3) is 0.857. The number of nitrogens with one attached hydrogen (secondary N) is 1. The average molecular weight is 460 g/mol. The lowest BCUT2D eigenvalue weighted by molar-refractivity contribution is -0.155. The van der Waals surface area contributed by atoms with Gasteiger partial charge in [0.25, 0.3) is 0 Å². The molecule has 0 aromatic carbocycles. The van der Waals surface area contributed by atoms with Crippen molar-refractivity contribution in [1.29, 1.82) is 0 Å². The summed E-state index contributed by atoms with van der Waals surface area (Å²) in [6.07, 6.45) is 11.7. The molecular formula is C28H45NO4. The first kappa shape index (κ1) is 24.8. The molecule has 0 aromatic heterocycles. The zero-order valence-corrected chi connectivity index (χ0v) is 21.4. The van der Waals surface area contributed by atoms with Crippen molar-refractivity contribution in [2.24, 2.45) is 34.5 Å². The van der Waals surface area contributed by atoms with E-state index in [1.165, 1.54) is 5.57 Å². The van der Waals surface area contributed by atoms with Crippen molar-refractivity contribution in [3.8, 4) is 0 Å². The summed E-state index contributed by atoms with van der Waals surface area (Å²) in [5.74, 6) is 2.44. The first-order valence-electron chi connectivity index (χ1n) is 13.3. The van der Waals surface area contributed by atoms with Gasteiger partial charge in [-0.25, -0.2) is 4.79 Å². The Morgan fingerprint density at radius 3 is 2.64 bits per heavy atom.